The molecule has 2 atom stereocenters. The molecule has 0 N–H and O–H groups in total. The molecule has 4 nitrogen and oxygen atoms in total. The minimum absolute atomic E-state index is 0.0767. The highest BCUT2D eigenvalue weighted by Crippen LogP contribution is 2.42. The zero-order valence-corrected chi connectivity index (χ0v) is 22.6. The number of hydrogen-bond donors (Lipinski definition) is 0. The molecule has 0 saturated carbocycles. The lowest BCUT2D eigenvalue weighted by Gasteiger charge is -2.37. The summed E-state index contributed by atoms with van der Waals surface area (Å²) < 4.78 is 0. The van der Waals surface area contributed by atoms with Gasteiger partial charge in [-0.05, 0) is 67.6 Å². The summed E-state index contributed by atoms with van der Waals surface area (Å²) in [5.41, 5.74) is 1.22. The van der Waals surface area contributed by atoms with E-state index in [1.54, 1.807) is 0 Å². The van der Waals surface area contributed by atoms with Gasteiger partial charge in [-0.15, -0.1) is 0 Å². The molecule has 0 aliphatic rings. The Morgan fingerprint density at radius 3 is 1.31 bits per heavy atom. The van der Waals surface area contributed by atoms with E-state index in [-0.39, 0.29) is 10.8 Å². The van der Waals surface area contributed by atoms with Crippen LogP contribution in [0.4, 0.5) is 0 Å². The van der Waals surface area contributed by atoms with Crippen molar-refractivity contribution in [2.75, 3.05) is 13.2 Å². The van der Waals surface area contributed by atoms with Crippen molar-refractivity contribution < 1.29 is 19.6 Å². The van der Waals surface area contributed by atoms with Gasteiger partial charge in [0.2, 0.25) is 0 Å². The van der Waals surface area contributed by atoms with Crippen LogP contribution in [-0.2, 0) is 30.8 Å². The molecule has 2 unspecified atom stereocenters. The first-order valence-corrected chi connectivity index (χ1v) is 12.5. The van der Waals surface area contributed by atoms with Crippen LogP contribution in [0.2, 0.25) is 0 Å². The maximum atomic E-state index is 6.10. The monoisotopic (exact) mass is 450 g/mol. The van der Waals surface area contributed by atoms with Crippen LogP contribution < -0.4 is 0 Å². The summed E-state index contributed by atoms with van der Waals surface area (Å²) in [6, 6.07) is 8.57. The average molecular weight is 451 g/mol. The largest absolute Gasteiger partial charge is 0.236 e. The van der Waals surface area contributed by atoms with Crippen molar-refractivity contribution in [1.29, 1.82) is 0 Å². The Morgan fingerprint density at radius 2 is 1.00 bits per heavy atom. The molecule has 0 fully saturated rings. The van der Waals surface area contributed by atoms with E-state index in [1.165, 1.54) is 0 Å². The highest BCUT2D eigenvalue weighted by Gasteiger charge is 2.38. The molecule has 0 amide bonds. The van der Waals surface area contributed by atoms with Gasteiger partial charge in [-0.25, -0.2) is 19.6 Å². The second-order valence-electron chi connectivity index (χ2n) is 12.0. The van der Waals surface area contributed by atoms with Crippen LogP contribution in [-0.4, -0.2) is 13.2 Å². The van der Waals surface area contributed by atoms with Crippen LogP contribution >= 0.6 is 0 Å². The zero-order valence-electron chi connectivity index (χ0n) is 22.6. The zero-order chi connectivity index (χ0) is 24.5. The van der Waals surface area contributed by atoms with Crippen molar-refractivity contribution in [1.82, 2.24) is 0 Å². The molecule has 32 heavy (non-hydrogen) atoms. The fourth-order valence-electron chi connectivity index (χ4n) is 4.31. The van der Waals surface area contributed by atoms with E-state index in [1.807, 2.05) is 0 Å². The van der Waals surface area contributed by atoms with E-state index >= 15 is 0 Å². The van der Waals surface area contributed by atoms with Crippen molar-refractivity contribution in [3.63, 3.8) is 0 Å². The summed E-state index contributed by atoms with van der Waals surface area (Å²) in [5, 5.41) is 0. The van der Waals surface area contributed by atoms with Crippen molar-refractivity contribution >= 4 is 0 Å². The molecule has 0 heterocycles. The Labute approximate surface area is 198 Å². The second kappa shape index (κ2) is 12.5. The minimum atomic E-state index is -0.562. The van der Waals surface area contributed by atoms with Crippen LogP contribution in [0.15, 0.2) is 24.3 Å². The third-order valence-corrected chi connectivity index (χ3v) is 5.47. The third-order valence-electron chi connectivity index (χ3n) is 5.47. The quantitative estimate of drug-likeness (QED) is 0.162. The highest BCUT2D eigenvalue weighted by molar-refractivity contribution is 5.32. The fourth-order valence-corrected chi connectivity index (χ4v) is 4.31. The SMILES string of the molecule is CCCCOOC(C)(CC(C)(C)C)c1cccc(C(C)(CC(C)(C)C)OOCCCC)c1. The predicted molar refractivity (Wildman–Crippen MR) is 133 cm³/mol. The third kappa shape index (κ3) is 10.3. The van der Waals surface area contributed by atoms with Gasteiger partial charge in [-0.3, -0.25) is 0 Å². The van der Waals surface area contributed by atoms with Gasteiger partial charge in [0, 0.05) is 0 Å². The van der Waals surface area contributed by atoms with Gasteiger partial charge >= 0.3 is 0 Å². The molecular weight excluding hydrogens is 400 g/mol. The van der Waals surface area contributed by atoms with Crippen molar-refractivity contribution in [2.45, 2.75) is 119 Å². The average Bonchev–Trinajstić information content (AvgIpc) is 2.66. The number of unbranched alkanes of at least 4 members (excludes halogenated alkanes) is 2. The molecule has 0 radical (unpaired) electrons. The van der Waals surface area contributed by atoms with Crippen molar-refractivity contribution in [2.24, 2.45) is 10.8 Å². The molecule has 1 aromatic carbocycles. The first-order valence-electron chi connectivity index (χ1n) is 12.5. The maximum Gasteiger partial charge on any atom is 0.126 e. The van der Waals surface area contributed by atoms with Crippen LogP contribution in [0.5, 0.6) is 0 Å². The molecule has 0 aliphatic carbocycles. The van der Waals surface area contributed by atoms with Gasteiger partial charge in [-0.1, -0.05) is 86.4 Å². The minimum Gasteiger partial charge on any atom is -0.236 e. The number of hydrogen-bond acceptors (Lipinski definition) is 4. The molecule has 0 saturated heterocycles. The lowest BCUT2D eigenvalue weighted by atomic mass is 9.76. The summed E-state index contributed by atoms with van der Waals surface area (Å²) in [6.07, 6.45) is 5.79. The van der Waals surface area contributed by atoms with Crippen molar-refractivity contribution in [3.8, 4) is 0 Å². The lowest BCUT2D eigenvalue weighted by molar-refractivity contribution is -0.370. The van der Waals surface area contributed by atoms with Gasteiger partial charge < -0.3 is 0 Å². The van der Waals surface area contributed by atoms with Gasteiger partial charge in [0.15, 0.2) is 0 Å². The van der Waals surface area contributed by atoms with E-state index in [4.69, 9.17) is 19.6 Å². The van der Waals surface area contributed by atoms with Crippen LogP contribution in [0.25, 0.3) is 0 Å². The highest BCUT2D eigenvalue weighted by atomic mass is 17.2. The first-order chi connectivity index (χ1) is 14.7. The Kier molecular flexibility index (Phi) is 11.4. The first kappa shape index (κ1) is 29.1. The molecule has 1 rings (SSSR count). The Bertz CT molecular complexity index is 605. The normalized spacial score (nSPS) is 16.6. The smallest absolute Gasteiger partial charge is 0.126 e. The molecule has 0 bridgehead atoms. The summed E-state index contributed by atoms with van der Waals surface area (Å²) in [7, 11) is 0. The molecule has 0 aliphatic heterocycles. The van der Waals surface area contributed by atoms with E-state index in [0.717, 1.165) is 49.7 Å². The molecule has 4 heteroatoms. The predicted octanol–water partition coefficient (Wildman–Crippen LogP) is 8.49. The van der Waals surface area contributed by atoms with Gasteiger partial charge in [0.25, 0.3) is 0 Å². The standard InChI is InChI=1S/C28H50O4/c1-11-13-18-29-31-27(9,21-25(3,4)5)23-16-15-17-24(20-23)28(10,22-26(6,7)8)32-30-19-14-12-2/h15-17,20H,11-14,18-19,21-22H2,1-10H3. The Hall–Kier alpha value is -0.940. The molecule has 1 aromatic rings. The Balaban J connectivity index is 3.28. The lowest BCUT2D eigenvalue weighted by Crippen LogP contribution is -2.34. The molecule has 186 valence electrons. The maximum absolute atomic E-state index is 6.10. The number of rotatable bonds is 14. The van der Waals surface area contributed by atoms with Crippen LogP contribution in [0.3, 0.4) is 0 Å². The summed E-state index contributed by atoms with van der Waals surface area (Å²) in [5.74, 6) is 0. The van der Waals surface area contributed by atoms with E-state index < -0.39 is 11.2 Å². The topological polar surface area (TPSA) is 36.9 Å². The van der Waals surface area contributed by atoms with Gasteiger partial charge in [-0.2, -0.15) is 0 Å². The second-order valence-corrected chi connectivity index (χ2v) is 12.0. The van der Waals surface area contributed by atoms with Crippen LogP contribution in [0.1, 0.15) is 119 Å². The molecular formula is C28H50O4. The summed E-state index contributed by atoms with van der Waals surface area (Å²) in [4.78, 5) is 23.6. The summed E-state index contributed by atoms with van der Waals surface area (Å²) in [6.45, 7) is 23.2. The summed E-state index contributed by atoms with van der Waals surface area (Å²) >= 11 is 0. The molecule has 0 aromatic heterocycles. The van der Waals surface area contributed by atoms with Gasteiger partial charge in [0.05, 0.1) is 13.2 Å². The van der Waals surface area contributed by atoms with Crippen molar-refractivity contribution in [3.05, 3.63) is 35.4 Å². The molecule has 0 spiro atoms. The fraction of sp³-hybridized carbons (Fsp3) is 0.786. The Morgan fingerprint density at radius 1 is 0.625 bits per heavy atom. The number of benzene rings is 1. The van der Waals surface area contributed by atoms with E-state index in [2.05, 4.69) is 93.5 Å². The van der Waals surface area contributed by atoms with E-state index in [0.29, 0.717) is 13.2 Å². The van der Waals surface area contributed by atoms with Crippen LogP contribution in [0, 0.1) is 10.8 Å². The van der Waals surface area contributed by atoms with Gasteiger partial charge in [0.1, 0.15) is 11.2 Å². The van der Waals surface area contributed by atoms with E-state index in [9.17, 15) is 0 Å².